The number of ether oxygens (including phenoxy) is 1. The maximum absolute atomic E-state index is 8.79. The normalized spacial score (nSPS) is 32.1. The molecule has 0 aliphatic heterocycles. The largest absolute Gasteiger partial charge is 0.411 e. The molecule has 0 heterocycles. The molecule has 3 nitrogen and oxygen atoms in total. The van der Waals surface area contributed by atoms with Crippen molar-refractivity contribution in [2.45, 2.75) is 46.1 Å². The Hall–Kier alpha value is -0.570. The van der Waals surface area contributed by atoms with Crippen molar-refractivity contribution >= 4 is 5.71 Å². The van der Waals surface area contributed by atoms with Crippen molar-refractivity contribution in [2.75, 3.05) is 7.11 Å². The van der Waals surface area contributed by atoms with Crippen molar-refractivity contribution in [1.29, 1.82) is 0 Å². The minimum atomic E-state index is 0.0120. The van der Waals surface area contributed by atoms with Crippen LogP contribution in [0.15, 0.2) is 5.16 Å². The summed E-state index contributed by atoms with van der Waals surface area (Å²) >= 11 is 0. The van der Waals surface area contributed by atoms with Gasteiger partial charge in [-0.1, -0.05) is 25.9 Å². The number of nitrogens with zero attached hydrogens (tertiary/aromatic N) is 1. The fraction of sp³-hybridized carbons (Fsp3) is 0.909. The molecule has 0 aromatic carbocycles. The van der Waals surface area contributed by atoms with E-state index in [0.717, 1.165) is 25.0 Å². The molecule has 1 saturated carbocycles. The van der Waals surface area contributed by atoms with E-state index < -0.39 is 0 Å². The first-order valence-corrected chi connectivity index (χ1v) is 5.22. The average Bonchev–Trinajstić information content (AvgIpc) is 2.15. The molecule has 1 fully saturated rings. The fourth-order valence-electron chi connectivity index (χ4n) is 2.13. The third-order valence-electron chi connectivity index (χ3n) is 3.26. The van der Waals surface area contributed by atoms with Gasteiger partial charge in [-0.2, -0.15) is 0 Å². The van der Waals surface area contributed by atoms with Crippen molar-refractivity contribution in [1.82, 2.24) is 0 Å². The summed E-state index contributed by atoms with van der Waals surface area (Å²) in [6.45, 7) is 6.77. The lowest BCUT2D eigenvalue weighted by atomic mass is 9.71. The topological polar surface area (TPSA) is 41.8 Å². The van der Waals surface area contributed by atoms with Gasteiger partial charge < -0.3 is 9.94 Å². The number of rotatable bonds is 1. The summed E-state index contributed by atoms with van der Waals surface area (Å²) in [5.41, 5.74) is 1.12. The molecule has 0 spiro atoms. The van der Waals surface area contributed by atoms with Gasteiger partial charge in [0.1, 0.15) is 0 Å². The van der Waals surface area contributed by atoms with E-state index in [1.165, 1.54) is 0 Å². The van der Waals surface area contributed by atoms with Gasteiger partial charge in [0.15, 0.2) is 0 Å². The number of oxime groups is 1. The van der Waals surface area contributed by atoms with E-state index in [1.807, 2.05) is 0 Å². The highest BCUT2D eigenvalue weighted by molar-refractivity contribution is 5.88. The summed E-state index contributed by atoms with van der Waals surface area (Å²) < 4.78 is 5.33. The number of methoxy groups -OCH3 is 1. The molecular formula is C11H21NO2. The Kier molecular flexibility index (Phi) is 3.53. The van der Waals surface area contributed by atoms with Crippen molar-refractivity contribution in [3.63, 3.8) is 0 Å². The summed E-state index contributed by atoms with van der Waals surface area (Å²) in [6.07, 6.45) is 2.94. The van der Waals surface area contributed by atoms with Gasteiger partial charge in [-0.25, -0.2) is 0 Å². The van der Waals surface area contributed by atoms with Crippen LogP contribution in [0.25, 0.3) is 0 Å². The Morgan fingerprint density at radius 3 is 2.50 bits per heavy atom. The Labute approximate surface area is 86.1 Å². The van der Waals surface area contributed by atoms with Crippen LogP contribution in [0.5, 0.6) is 0 Å². The third kappa shape index (κ3) is 2.47. The van der Waals surface area contributed by atoms with Crippen LogP contribution in [0.2, 0.25) is 0 Å². The van der Waals surface area contributed by atoms with Gasteiger partial charge >= 0.3 is 0 Å². The summed E-state index contributed by atoms with van der Waals surface area (Å²) in [5, 5.41) is 12.1. The highest BCUT2D eigenvalue weighted by Crippen LogP contribution is 2.37. The summed E-state index contributed by atoms with van der Waals surface area (Å²) in [4.78, 5) is 0. The number of hydrogen-bond acceptors (Lipinski definition) is 3. The first kappa shape index (κ1) is 11.5. The van der Waals surface area contributed by atoms with E-state index in [-0.39, 0.29) is 6.10 Å². The molecular weight excluding hydrogens is 178 g/mol. The third-order valence-corrected chi connectivity index (χ3v) is 3.26. The molecule has 0 aromatic heterocycles. The molecule has 3 heteroatoms. The molecule has 0 saturated heterocycles. The van der Waals surface area contributed by atoms with E-state index in [0.29, 0.717) is 11.3 Å². The Bertz CT molecular complexity index is 218. The maximum atomic E-state index is 8.79. The van der Waals surface area contributed by atoms with Crippen LogP contribution in [0.4, 0.5) is 0 Å². The SMILES string of the molecule is CO[C@@H]1C[C@@H](C(C)(C)C)CC/C1=N\O. The summed E-state index contributed by atoms with van der Waals surface area (Å²) in [7, 11) is 1.68. The molecule has 0 bridgehead atoms. The second-order valence-electron chi connectivity index (χ2n) is 5.15. The zero-order valence-electron chi connectivity index (χ0n) is 9.58. The van der Waals surface area contributed by atoms with Crippen molar-refractivity contribution in [3.05, 3.63) is 0 Å². The molecule has 0 unspecified atom stereocenters. The Balaban J connectivity index is 2.66. The van der Waals surface area contributed by atoms with Crippen LogP contribution < -0.4 is 0 Å². The van der Waals surface area contributed by atoms with E-state index in [2.05, 4.69) is 25.9 Å². The summed E-state index contributed by atoms with van der Waals surface area (Å²) in [6, 6.07) is 0. The lowest BCUT2D eigenvalue weighted by Gasteiger charge is -2.37. The second-order valence-corrected chi connectivity index (χ2v) is 5.15. The van der Waals surface area contributed by atoms with Crippen LogP contribution >= 0.6 is 0 Å². The predicted molar refractivity (Wildman–Crippen MR) is 56.8 cm³/mol. The van der Waals surface area contributed by atoms with Crippen molar-refractivity contribution in [2.24, 2.45) is 16.5 Å². The fourth-order valence-corrected chi connectivity index (χ4v) is 2.13. The standard InChI is InChI=1S/C11H21NO2/c1-11(2,3)8-5-6-9(12-13)10(7-8)14-4/h8,10,13H,5-7H2,1-4H3/b12-9+/t8-,10+/m0/s1. The van der Waals surface area contributed by atoms with Crippen molar-refractivity contribution in [3.8, 4) is 0 Å². The van der Waals surface area contributed by atoms with Gasteiger partial charge in [0, 0.05) is 7.11 Å². The number of hydrogen-bond donors (Lipinski definition) is 1. The smallest absolute Gasteiger partial charge is 0.0988 e. The van der Waals surface area contributed by atoms with E-state index in [9.17, 15) is 0 Å². The van der Waals surface area contributed by atoms with Gasteiger partial charge in [0.2, 0.25) is 0 Å². The van der Waals surface area contributed by atoms with Crippen LogP contribution in [-0.2, 0) is 4.74 Å². The molecule has 0 aromatic rings. The molecule has 0 radical (unpaired) electrons. The van der Waals surface area contributed by atoms with Crippen molar-refractivity contribution < 1.29 is 9.94 Å². The minimum Gasteiger partial charge on any atom is -0.411 e. The molecule has 2 atom stereocenters. The van der Waals surface area contributed by atoms with E-state index in [4.69, 9.17) is 9.94 Å². The van der Waals surface area contributed by atoms with E-state index in [1.54, 1.807) is 7.11 Å². The van der Waals surface area contributed by atoms with Gasteiger partial charge in [0.25, 0.3) is 0 Å². The van der Waals surface area contributed by atoms with Gasteiger partial charge in [-0.3, -0.25) is 0 Å². The molecule has 1 aliphatic carbocycles. The van der Waals surface area contributed by atoms with Crippen LogP contribution in [0, 0.1) is 11.3 Å². The molecule has 0 amide bonds. The molecule has 1 aliphatic rings. The highest BCUT2D eigenvalue weighted by atomic mass is 16.5. The van der Waals surface area contributed by atoms with Gasteiger partial charge in [0.05, 0.1) is 11.8 Å². The second kappa shape index (κ2) is 4.30. The molecule has 1 N–H and O–H groups in total. The Morgan fingerprint density at radius 2 is 2.07 bits per heavy atom. The minimum absolute atomic E-state index is 0.0120. The van der Waals surface area contributed by atoms with Gasteiger partial charge in [-0.15, -0.1) is 0 Å². The zero-order chi connectivity index (χ0) is 10.8. The monoisotopic (exact) mass is 199 g/mol. The lowest BCUT2D eigenvalue weighted by molar-refractivity contribution is 0.0802. The molecule has 14 heavy (non-hydrogen) atoms. The summed E-state index contributed by atoms with van der Waals surface area (Å²) in [5.74, 6) is 0.651. The van der Waals surface area contributed by atoms with Gasteiger partial charge in [-0.05, 0) is 30.6 Å². The predicted octanol–water partition coefficient (Wildman–Crippen LogP) is 2.68. The Morgan fingerprint density at radius 1 is 1.43 bits per heavy atom. The molecule has 82 valence electrons. The highest BCUT2D eigenvalue weighted by Gasteiger charge is 2.34. The van der Waals surface area contributed by atoms with Crippen LogP contribution in [-0.4, -0.2) is 24.1 Å². The average molecular weight is 199 g/mol. The maximum Gasteiger partial charge on any atom is 0.0988 e. The van der Waals surface area contributed by atoms with Crippen LogP contribution in [0.1, 0.15) is 40.0 Å². The first-order valence-electron chi connectivity index (χ1n) is 5.22. The van der Waals surface area contributed by atoms with E-state index >= 15 is 0 Å². The molecule has 1 rings (SSSR count). The lowest BCUT2D eigenvalue weighted by Crippen LogP contribution is -2.36. The zero-order valence-corrected chi connectivity index (χ0v) is 9.58. The van der Waals surface area contributed by atoms with Crippen LogP contribution in [0.3, 0.4) is 0 Å². The first-order chi connectivity index (χ1) is 6.49. The quantitative estimate of drug-likeness (QED) is 0.521.